The lowest BCUT2D eigenvalue weighted by Gasteiger charge is -2.24. The van der Waals surface area contributed by atoms with Crippen molar-refractivity contribution in [3.8, 4) is 0 Å². The van der Waals surface area contributed by atoms with Gasteiger partial charge in [-0.15, -0.1) is 0 Å². The third kappa shape index (κ3) is 3.22. The first-order valence-electron chi connectivity index (χ1n) is 5.99. The second-order valence-electron chi connectivity index (χ2n) is 4.80. The van der Waals surface area contributed by atoms with Crippen LogP contribution < -0.4 is 5.32 Å². The molecule has 1 aliphatic heterocycles. The van der Waals surface area contributed by atoms with Crippen LogP contribution in [0.1, 0.15) is 24.9 Å². The van der Waals surface area contributed by atoms with Gasteiger partial charge in [0.05, 0.1) is 5.60 Å². The molecule has 2 nitrogen and oxygen atoms in total. The first-order chi connectivity index (χ1) is 8.50. The zero-order valence-electron chi connectivity index (χ0n) is 10.2. The molecule has 0 amide bonds. The molecule has 2 unspecified atom stereocenters. The first kappa shape index (κ1) is 13.8. The second kappa shape index (κ2) is 5.55. The van der Waals surface area contributed by atoms with Gasteiger partial charge < -0.3 is 10.4 Å². The lowest BCUT2D eigenvalue weighted by Crippen LogP contribution is -2.41. The van der Waals surface area contributed by atoms with Gasteiger partial charge in [-0.3, -0.25) is 0 Å². The summed E-state index contributed by atoms with van der Waals surface area (Å²) in [6.45, 7) is 2.24. The van der Waals surface area contributed by atoms with Gasteiger partial charge in [-0.2, -0.15) is 11.8 Å². The number of thioether (sulfide) groups is 1. The highest BCUT2D eigenvalue weighted by molar-refractivity contribution is 7.99. The average molecular weight is 273 g/mol. The number of aliphatic hydroxyl groups is 1. The van der Waals surface area contributed by atoms with Crippen LogP contribution in [0, 0.1) is 11.6 Å². The summed E-state index contributed by atoms with van der Waals surface area (Å²) in [4.78, 5) is 0. The maximum atomic E-state index is 13.6. The van der Waals surface area contributed by atoms with Crippen molar-refractivity contribution in [3.63, 3.8) is 0 Å². The number of nitrogens with one attached hydrogen (secondary N) is 1. The van der Waals surface area contributed by atoms with Crippen LogP contribution in [-0.4, -0.2) is 28.8 Å². The van der Waals surface area contributed by atoms with Crippen molar-refractivity contribution in [2.75, 3.05) is 18.1 Å². The molecule has 1 fully saturated rings. The molecule has 1 heterocycles. The van der Waals surface area contributed by atoms with Crippen LogP contribution in [0.2, 0.25) is 0 Å². The Labute approximate surface area is 110 Å². The van der Waals surface area contributed by atoms with E-state index in [0.717, 1.165) is 18.2 Å². The molecule has 2 atom stereocenters. The second-order valence-corrected chi connectivity index (χ2v) is 5.90. The van der Waals surface area contributed by atoms with E-state index in [1.165, 1.54) is 12.1 Å². The molecule has 1 aromatic rings. The molecule has 2 rings (SSSR count). The Morgan fingerprint density at radius 3 is 2.89 bits per heavy atom. The summed E-state index contributed by atoms with van der Waals surface area (Å²) in [5.74, 6) is 0.535. The van der Waals surface area contributed by atoms with Gasteiger partial charge in [-0.05, 0) is 25.2 Å². The standard InChI is InChI=1S/C13H17F2NOS/c1-9(11-3-2-10(14)6-12(11)15)16-7-13(17)4-5-18-8-13/h2-3,6,9,16-17H,4-5,7-8H2,1H3. The Hall–Kier alpha value is -0.650. The maximum absolute atomic E-state index is 13.6. The zero-order chi connectivity index (χ0) is 13.2. The highest BCUT2D eigenvalue weighted by atomic mass is 32.2. The fourth-order valence-electron chi connectivity index (χ4n) is 2.04. The van der Waals surface area contributed by atoms with E-state index in [1.807, 2.05) is 6.92 Å². The summed E-state index contributed by atoms with van der Waals surface area (Å²) in [7, 11) is 0. The third-order valence-corrected chi connectivity index (χ3v) is 4.48. The summed E-state index contributed by atoms with van der Waals surface area (Å²) in [6.07, 6.45) is 0.753. The SMILES string of the molecule is CC(NCC1(O)CCSC1)c1ccc(F)cc1F. The minimum atomic E-state index is -0.699. The minimum Gasteiger partial charge on any atom is -0.388 e. The van der Waals surface area contributed by atoms with Crippen LogP contribution >= 0.6 is 11.8 Å². The molecule has 5 heteroatoms. The largest absolute Gasteiger partial charge is 0.388 e. The molecule has 0 saturated carbocycles. The Kier molecular flexibility index (Phi) is 4.25. The smallest absolute Gasteiger partial charge is 0.130 e. The van der Waals surface area contributed by atoms with Gasteiger partial charge in [0.25, 0.3) is 0 Å². The highest BCUT2D eigenvalue weighted by Crippen LogP contribution is 2.28. The summed E-state index contributed by atoms with van der Waals surface area (Å²) in [5, 5.41) is 13.3. The third-order valence-electron chi connectivity index (χ3n) is 3.25. The molecular formula is C13H17F2NOS. The van der Waals surface area contributed by atoms with E-state index in [2.05, 4.69) is 5.32 Å². The van der Waals surface area contributed by atoms with Crippen LogP contribution in [0.5, 0.6) is 0 Å². The van der Waals surface area contributed by atoms with E-state index in [9.17, 15) is 13.9 Å². The van der Waals surface area contributed by atoms with Gasteiger partial charge >= 0.3 is 0 Å². The lowest BCUT2D eigenvalue weighted by molar-refractivity contribution is 0.0650. The Morgan fingerprint density at radius 2 is 2.28 bits per heavy atom. The van der Waals surface area contributed by atoms with Gasteiger partial charge in [0, 0.05) is 30.0 Å². The topological polar surface area (TPSA) is 32.3 Å². The predicted octanol–water partition coefficient (Wildman–Crippen LogP) is 2.48. The fraction of sp³-hybridized carbons (Fsp3) is 0.538. The zero-order valence-corrected chi connectivity index (χ0v) is 11.1. The van der Waals surface area contributed by atoms with E-state index in [1.54, 1.807) is 11.8 Å². The minimum absolute atomic E-state index is 0.250. The molecule has 0 aromatic heterocycles. The van der Waals surface area contributed by atoms with Crippen molar-refractivity contribution in [3.05, 3.63) is 35.4 Å². The lowest BCUT2D eigenvalue weighted by atomic mass is 10.0. The maximum Gasteiger partial charge on any atom is 0.130 e. The summed E-state index contributed by atoms with van der Waals surface area (Å²) in [6, 6.07) is 3.32. The molecular weight excluding hydrogens is 256 g/mol. The van der Waals surface area contributed by atoms with E-state index in [-0.39, 0.29) is 6.04 Å². The summed E-state index contributed by atoms with van der Waals surface area (Å²) >= 11 is 1.72. The number of hydrogen-bond acceptors (Lipinski definition) is 3. The molecule has 0 aliphatic carbocycles. The van der Waals surface area contributed by atoms with Crippen molar-refractivity contribution in [2.45, 2.75) is 25.0 Å². The summed E-state index contributed by atoms with van der Waals surface area (Å²) in [5.41, 5.74) is -0.277. The van der Waals surface area contributed by atoms with Crippen LogP contribution in [0.4, 0.5) is 8.78 Å². The van der Waals surface area contributed by atoms with E-state index < -0.39 is 17.2 Å². The molecule has 100 valence electrons. The molecule has 0 bridgehead atoms. The van der Waals surface area contributed by atoms with Crippen molar-refractivity contribution in [2.24, 2.45) is 0 Å². The van der Waals surface area contributed by atoms with Gasteiger partial charge in [-0.25, -0.2) is 8.78 Å². The van der Waals surface area contributed by atoms with Crippen LogP contribution in [0.15, 0.2) is 18.2 Å². The van der Waals surface area contributed by atoms with Crippen molar-refractivity contribution < 1.29 is 13.9 Å². The quantitative estimate of drug-likeness (QED) is 0.884. The molecule has 0 spiro atoms. The van der Waals surface area contributed by atoms with Gasteiger partial charge in [0.15, 0.2) is 0 Å². The Morgan fingerprint density at radius 1 is 1.50 bits per heavy atom. The van der Waals surface area contributed by atoms with E-state index in [4.69, 9.17) is 0 Å². The monoisotopic (exact) mass is 273 g/mol. The Balaban J connectivity index is 1.97. The molecule has 18 heavy (non-hydrogen) atoms. The number of halogens is 2. The molecule has 1 saturated heterocycles. The highest BCUT2D eigenvalue weighted by Gasteiger charge is 2.31. The first-order valence-corrected chi connectivity index (χ1v) is 7.14. The number of hydrogen-bond donors (Lipinski definition) is 2. The van der Waals surface area contributed by atoms with Crippen LogP contribution in [-0.2, 0) is 0 Å². The van der Waals surface area contributed by atoms with Gasteiger partial charge in [0.1, 0.15) is 11.6 Å². The molecule has 2 N–H and O–H groups in total. The molecule has 1 aliphatic rings. The average Bonchev–Trinajstić information content (AvgIpc) is 2.74. The Bertz CT molecular complexity index is 421. The summed E-state index contributed by atoms with van der Waals surface area (Å²) < 4.78 is 26.4. The number of benzene rings is 1. The van der Waals surface area contributed by atoms with Gasteiger partial charge in [0.2, 0.25) is 0 Å². The van der Waals surface area contributed by atoms with Crippen molar-refractivity contribution >= 4 is 11.8 Å². The van der Waals surface area contributed by atoms with E-state index >= 15 is 0 Å². The van der Waals surface area contributed by atoms with Gasteiger partial charge in [-0.1, -0.05) is 6.07 Å². The number of rotatable bonds is 4. The van der Waals surface area contributed by atoms with Crippen molar-refractivity contribution in [1.82, 2.24) is 5.32 Å². The van der Waals surface area contributed by atoms with Crippen molar-refractivity contribution in [1.29, 1.82) is 0 Å². The normalized spacial score (nSPS) is 25.3. The molecule has 1 aromatic carbocycles. The van der Waals surface area contributed by atoms with E-state index in [0.29, 0.717) is 17.9 Å². The van der Waals surface area contributed by atoms with Crippen LogP contribution in [0.25, 0.3) is 0 Å². The molecule has 0 radical (unpaired) electrons. The van der Waals surface area contributed by atoms with Crippen LogP contribution in [0.3, 0.4) is 0 Å². The predicted molar refractivity (Wildman–Crippen MR) is 69.7 cm³/mol. The fourth-order valence-corrected chi connectivity index (χ4v) is 3.34.